The number of hydrogen-bond donors (Lipinski definition) is 1. The van der Waals surface area contributed by atoms with E-state index in [4.69, 9.17) is 33.7 Å². The highest BCUT2D eigenvalue weighted by molar-refractivity contribution is 9.10. The molecule has 1 aromatic heterocycles. The molecule has 0 saturated heterocycles. The van der Waals surface area contributed by atoms with E-state index in [0.717, 1.165) is 21.3 Å². The van der Waals surface area contributed by atoms with Crippen molar-refractivity contribution in [3.63, 3.8) is 0 Å². The largest absolute Gasteiger partial charge is 0.488 e. The van der Waals surface area contributed by atoms with Gasteiger partial charge < -0.3 is 10.5 Å². The zero-order valence-electron chi connectivity index (χ0n) is 13.8. The fourth-order valence-corrected chi connectivity index (χ4v) is 3.11. The molecule has 0 unspecified atom stereocenters. The first kappa shape index (κ1) is 18.8. The van der Waals surface area contributed by atoms with Gasteiger partial charge in [-0.1, -0.05) is 45.2 Å². The van der Waals surface area contributed by atoms with E-state index >= 15 is 0 Å². The van der Waals surface area contributed by atoms with Crippen LogP contribution in [0, 0.1) is 6.92 Å². The van der Waals surface area contributed by atoms with Gasteiger partial charge in [0.15, 0.2) is 0 Å². The number of imidazole rings is 1. The summed E-state index contributed by atoms with van der Waals surface area (Å²) in [7, 11) is 0. The molecule has 5 nitrogen and oxygen atoms in total. The number of nitrogen functional groups attached to an aromatic ring is 1. The van der Waals surface area contributed by atoms with Gasteiger partial charge in [0.1, 0.15) is 12.4 Å². The molecule has 3 rings (SSSR count). The van der Waals surface area contributed by atoms with Crippen molar-refractivity contribution < 1.29 is 4.74 Å². The first-order valence-corrected chi connectivity index (χ1v) is 9.19. The molecule has 0 spiro atoms. The van der Waals surface area contributed by atoms with E-state index in [1.165, 1.54) is 4.68 Å². The van der Waals surface area contributed by atoms with Crippen LogP contribution < -0.4 is 10.5 Å². The van der Waals surface area contributed by atoms with Gasteiger partial charge in [-0.15, -0.1) is 0 Å². The molecule has 0 atom stereocenters. The second-order valence-corrected chi connectivity index (χ2v) is 7.30. The number of aryl methyl sites for hydroxylation is 1. The van der Waals surface area contributed by atoms with Crippen molar-refractivity contribution in [1.29, 1.82) is 0 Å². The molecule has 0 radical (unpaired) electrons. The number of hydrogen-bond acceptors (Lipinski definition) is 4. The number of benzene rings is 2. The maximum absolute atomic E-state index is 6.20. The van der Waals surface area contributed by atoms with Gasteiger partial charge in [0, 0.05) is 25.6 Å². The Hall–Kier alpha value is -2.02. The lowest BCUT2D eigenvalue weighted by molar-refractivity contribution is 0.306. The van der Waals surface area contributed by atoms with Crippen molar-refractivity contribution >= 4 is 51.3 Å². The van der Waals surface area contributed by atoms with Crippen molar-refractivity contribution in [2.75, 3.05) is 5.73 Å². The Labute approximate surface area is 169 Å². The van der Waals surface area contributed by atoms with Crippen molar-refractivity contribution in [2.45, 2.75) is 13.5 Å². The van der Waals surface area contributed by atoms with Crippen LogP contribution >= 0.6 is 39.1 Å². The van der Waals surface area contributed by atoms with Crippen LogP contribution in [0.15, 0.2) is 52.2 Å². The Morgan fingerprint density at radius 2 is 2.08 bits per heavy atom. The Balaban J connectivity index is 1.82. The molecule has 0 saturated carbocycles. The third-order valence-electron chi connectivity index (χ3n) is 3.53. The van der Waals surface area contributed by atoms with Crippen LogP contribution in [0.2, 0.25) is 10.0 Å². The Morgan fingerprint density at radius 3 is 2.77 bits per heavy atom. The molecule has 0 amide bonds. The summed E-state index contributed by atoms with van der Waals surface area (Å²) in [5, 5.41) is 5.49. The molecule has 1 heterocycles. The number of nitrogens with zero attached hydrogens (tertiary/aromatic N) is 3. The molecule has 134 valence electrons. The minimum Gasteiger partial charge on any atom is -0.488 e. The summed E-state index contributed by atoms with van der Waals surface area (Å²) in [5.74, 6) is 0.988. The van der Waals surface area contributed by atoms with Gasteiger partial charge in [0.05, 0.1) is 18.1 Å². The minimum absolute atomic E-state index is 0.310. The normalized spacial score (nSPS) is 11.2. The first-order chi connectivity index (χ1) is 12.4. The fourth-order valence-electron chi connectivity index (χ4n) is 2.27. The number of aromatic nitrogens is 2. The van der Waals surface area contributed by atoms with Gasteiger partial charge in [-0.25, -0.2) is 9.66 Å². The second kappa shape index (κ2) is 8.12. The summed E-state index contributed by atoms with van der Waals surface area (Å²) in [5.41, 5.74) is 8.23. The van der Waals surface area contributed by atoms with Crippen LogP contribution in [-0.2, 0) is 6.61 Å². The van der Waals surface area contributed by atoms with Gasteiger partial charge in [-0.2, -0.15) is 5.10 Å². The van der Waals surface area contributed by atoms with E-state index in [9.17, 15) is 0 Å². The smallest absolute Gasteiger partial charge is 0.221 e. The maximum Gasteiger partial charge on any atom is 0.221 e. The summed E-state index contributed by atoms with van der Waals surface area (Å²) in [6, 6.07) is 11.0. The zero-order valence-corrected chi connectivity index (χ0v) is 16.9. The van der Waals surface area contributed by atoms with Crippen molar-refractivity contribution in [3.8, 4) is 5.75 Å². The zero-order chi connectivity index (χ0) is 18.7. The van der Waals surface area contributed by atoms with Gasteiger partial charge in [0.2, 0.25) is 5.95 Å². The SMILES string of the molecule is Cc1cn(N=Cc2cc(Br)ccc2OCc2ccc(Cl)cc2Cl)c(N)n1. The average molecular weight is 454 g/mol. The van der Waals surface area contributed by atoms with Crippen LogP contribution in [0.1, 0.15) is 16.8 Å². The number of anilines is 1. The van der Waals surface area contributed by atoms with E-state index in [1.807, 2.05) is 31.2 Å². The molecular weight excluding hydrogens is 439 g/mol. The van der Waals surface area contributed by atoms with Crippen molar-refractivity contribution in [2.24, 2.45) is 5.10 Å². The second-order valence-electron chi connectivity index (χ2n) is 5.54. The topological polar surface area (TPSA) is 65.4 Å². The number of halogens is 3. The molecule has 3 aromatic rings. The lowest BCUT2D eigenvalue weighted by Crippen LogP contribution is -2.01. The molecule has 26 heavy (non-hydrogen) atoms. The quantitative estimate of drug-likeness (QED) is 0.532. The lowest BCUT2D eigenvalue weighted by Gasteiger charge is -2.11. The predicted molar refractivity (Wildman–Crippen MR) is 109 cm³/mol. The average Bonchev–Trinajstić information content (AvgIpc) is 2.91. The van der Waals surface area contributed by atoms with E-state index in [0.29, 0.717) is 28.3 Å². The van der Waals surface area contributed by atoms with Crippen molar-refractivity contribution in [3.05, 3.63) is 73.9 Å². The van der Waals surface area contributed by atoms with E-state index in [-0.39, 0.29) is 0 Å². The maximum atomic E-state index is 6.20. The highest BCUT2D eigenvalue weighted by Crippen LogP contribution is 2.26. The van der Waals surface area contributed by atoms with Gasteiger partial charge in [-0.3, -0.25) is 0 Å². The van der Waals surface area contributed by atoms with Crippen LogP contribution in [-0.4, -0.2) is 15.9 Å². The monoisotopic (exact) mass is 452 g/mol. The minimum atomic E-state index is 0.310. The van der Waals surface area contributed by atoms with Crippen LogP contribution in [0.25, 0.3) is 0 Å². The van der Waals surface area contributed by atoms with E-state index < -0.39 is 0 Å². The first-order valence-electron chi connectivity index (χ1n) is 7.64. The summed E-state index contributed by atoms with van der Waals surface area (Å²) in [6.45, 7) is 2.16. The molecular formula is C18H15BrCl2N4O. The van der Waals surface area contributed by atoms with Gasteiger partial charge in [0.25, 0.3) is 0 Å². The van der Waals surface area contributed by atoms with Crippen LogP contribution in [0.4, 0.5) is 5.95 Å². The standard InChI is InChI=1S/C18H15BrCl2N4O/c1-11-9-25(18(22)24-11)23-8-13-6-14(19)3-5-17(13)26-10-12-2-4-15(20)7-16(12)21/h2-9H,10H2,1H3,(H2,22,24). The van der Waals surface area contributed by atoms with Crippen molar-refractivity contribution in [1.82, 2.24) is 9.66 Å². The van der Waals surface area contributed by atoms with E-state index in [2.05, 4.69) is 26.0 Å². The summed E-state index contributed by atoms with van der Waals surface area (Å²) < 4.78 is 8.34. The third kappa shape index (κ3) is 4.58. The Morgan fingerprint density at radius 1 is 1.27 bits per heavy atom. The molecule has 2 N–H and O–H groups in total. The number of rotatable bonds is 5. The molecule has 2 aromatic carbocycles. The highest BCUT2D eigenvalue weighted by atomic mass is 79.9. The molecule has 8 heteroatoms. The fraction of sp³-hybridized carbons (Fsp3) is 0.111. The van der Waals surface area contributed by atoms with Crippen LogP contribution in [0.5, 0.6) is 5.75 Å². The lowest BCUT2D eigenvalue weighted by atomic mass is 10.2. The predicted octanol–water partition coefficient (Wildman–Crippen LogP) is 5.30. The highest BCUT2D eigenvalue weighted by Gasteiger charge is 2.07. The Kier molecular flexibility index (Phi) is 5.86. The third-order valence-corrected chi connectivity index (χ3v) is 4.61. The number of nitrogens with two attached hydrogens (primary N) is 1. The van der Waals surface area contributed by atoms with Gasteiger partial charge >= 0.3 is 0 Å². The van der Waals surface area contributed by atoms with Gasteiger partial charge in [-0.05, 0) is 37.3 Å². The summed E-state index contributed by atoms with van der Waals surface area (Å²) in [6.07, 6.45) is 3.42. The Bertz CT molecular complexity index is 972. The molecule has 0 bridgehead atoms. The van der Waals surface area contributed by atoms with Crippen LogP contribution in [0.3, 0.4) is 0 Å². The summed E-state index contributed by atoms with van der Waals surface area (Å²) >= 11 is 15.6. The molecule has 0 aliphatic rings. The van der Waals surface area contributed by atoms with E-state index in [1.54, 1.807) is 24.5 Å². The number of ether oxygens (including phenoxy) is 1. The molecule has 0 aliphatic carbocycles. The molecule has 0 aliphatic heterocycles. The summed E-state index contributed by atoms with van der Waals surface area (Å²) in [4.78, 5) is 4.12. The molecule has 0 fully saturated rings.